The molecule has 1 aliphatic rings. The minimum atomic E-state index is -0.637. The van der Waals surface area contributed by atoms with Crippen molar-refractivity contribution in [1.29, 1.82) is 5.26 Å². The summed E-state index contributed by atoms with van der Waals surface area (Å²) in [6.45, 7) is 9.96. The maximum atomic E-state index is 9.00. The summed E-state index contributed by atoms with van der Waals surface area (Å²) in [5.74, 6) is 0. The van der Waals surface area contributed by atoms with Crippen LogP contribution in [0.3, 0.4) is 0 Å². The van der Waals surface area contributed by atoms with Crippen molar-refractivity contribution < 1.29 is 4.74 Å². The molecular weight excluding hydrogens is 214 g/mol. The van der Waals surface area contributed by atoms with Crippen LogP contribution in [0.15, 0.2) is 0 Å². The molecule has 0 aliphatic carbocycles. The highest BCUT2D eigenvalue weighted by atomic mass is 16.5. The molecule has 4 heteroatoms. The zero-order valence-corrected chi connectivity index (χ0v) is 11.3. The molecule has 0 spiro atoms. The summed E-state index contributed by atoms with van der Waals surface area (Å²) in [5, 5.41) is 9.00. The van der Waals surface area contributed by atoms with Crippen molar-refractivity contribution in [2.24, 2.45) is 5.73 Å². The maximum Gasteiger partial charge on any atom is 0.104 e. The predicted octanol–water partition coefficient (Wildman–Crippen LogP) is 1.51. The smallest absolute Gasteiger partial charge is 0.104 e. The van der Waals surface area contributed by atoms with Gasteiger partial charge in [-0.3, -0.25) is 4.90 Å². The zero-order valence-electron chi connectivity index (χ0n) is 11.3. The summed E-state index contributed by atoms with van der Waals surface area (Å²) in [6.07, 6.45) is 2.48. The van der Waals surface area contributed by atoms with E-state index in [4.69, 9.17) is 15.7 Å². The molecule has 0 aromatic carbocycles. The van der Waals surface area contributed by atoms with E-state index in [-0.39, 0.29) is 5.60 Å². The first-order chi connectivity index (χ1) is 7.91. The molecule has 1 atom stereocenters. The molecule has 0 amide bonds. The highest BCUT2D eigenvalue weighted by molar-refractivity contribution is 5.03. The maximum absolute atomic E-state index is 9.00. The number of nitrogens with two attached hydrogens (primary N) is 1. The van der Waals surface area contributed by atoms with Crippen molar-refractivity contribution >= 4 is 0 Å². The first-order valence-electron chi connectivity index (χ1n) is 6.47. The normalized spacial score (nSPS) is 23.9. The lowest BCUT2D eigenvalue weighted by Crippen LogP contribution is -2.48. The lowest BCUT2D eigenvalue weighted by Gasteiger charge is -2.38. The highest BCUT2D eigenvalue weighted by Gasteiger charge is 2.27. The minimum absolute atomic E-state index is 0.0436. The fraction of sp³-hybridized carbons (Fsp3) is 0.923. The Morgan fingerprint density at radius 2 is 2.24 bits per heavy atom. The van der Waals surface area contributed by atoms with E-state index < -0.39 is 5.54 Å². The number of nitrogens with zero attached hydrogens (tertiary/aromatic N) is 2. The van der Waals surface area contributed by atoms with Crippen LogP contribution >= 0.6 is 0 Å². The topological polar surface area (TPSA) is 62.3 Å². The van der Waals surface area contributed by atoms with Gasteiger partial charge in [-0.15, -0.1) is 0 Å². The molecule has 0 aromatic heterocycles. The quantitative estimate of drug-likeness (QED) is 0.790. The minimum Gasteiger partial charge on any atom is -0.373 e. The second kappa shape index (κ2) is 5.81. The Balaban J connectivity index is 2.30. The molecule has 2 N–H and O–H groups in total. The molecule has 1 saturated heterocycles. The van der Waals surface area contributed by atoms with E-state index in [1.165, 1.54) is 0 Å². The van der Waals surface area contributed by atoms with Crippen LogP contribution in [0, 0.1) is 11.3 Å². The van der Waals surface area contributed by atoms with E-state index in [0.29, 0.717) is 0 Å². The van der Waals surface area contributed by atoms with E-state index in [0.717, 1.165) is 45.5 Å². The molecule has 98 valence electrons. The van der Waals surface area contributed by atoms with Gasteiger partial charge in [-0.25, -0.2) is 0 Å². The summed E-state index contributed by atoms with van der Waals surface area (Å²) in [6, 6.07) is 2.22. The third-order valence-electron chi connectivity index (χ3n) is 3.46. The molecule has 1 aliphatic heterocycles. The standard InChI is InChI=1S/C13H25N3O/c1-4-13(15,10-14)6-5-7-16-8-9-17-12(2,3)11-16/h4-9,11,15H2,1-3H3. The number of nitriles is 1. The Labute approximate surface area is 105 Å². The van der Waals surface area contributed by atoms with Gasteiger partial charge in [0.1, 0.15) is 5.54 Å². The Morgan fingerprint density at radius 1 is 1.53 bits per heavy atom. The molecule has 4 nitrogen and oxygen atoms in total. The summed E-state index contributed by atoms with van der Waals surface area (Å²) in [5.41, 5.74) is 5.28. The number of hydrogen-bond donors (Lipinski definition) is 1. The highest BCUT2D eigenvalue weighted by Crippen LogP contribution is 2.18. The second-order valence-electron chi connectivity index (χ2n) is 5.61. The summed E-state index contributed by atoms with van der Waals surface area (Å²) in [4.78, 5) is 2.40. The lowest BCUT2D eigenvalue weighted by atomic mass is 9.93. The van der Waals surface area contributed by atoms with Gasteiger partial charge in [0.05, 0.1) is 18.3 Å². The molecule has 1 rings (SSSR count). The summed E-state index contributed by atoms with van der Waals surface area (Å²) >= 11 is 0. The Hall–Kier alpha value is -0.630. The molecular formula is C13H25N3O. The van der Waals surface area contributed by atoms with Gasteiger partial charge in [0.15, 0.2) is 0 Å². The number of hydrogen-bond acceptors (Lipinski definition) is 4. The van der Waals surface area contributed by atoms with Crippen LogP contribution in [-0.2, 0) is 4.74 Å². The van der Waals surface area contributed by atoms with Crippen molar-refractivity contribution in [3.8, 4) is 6.07 Å². The molecule has 0 radical (unpaired) electrons. The molecule has 0 saturated carbocycles. The zero-order chi connectivity index (χ0) is 12.9. The molecule has 0 aromatic rings. The monoisotopic (exact) mass is 239 g/mol. The van der Waals surface area contributed by atoms with Crippen LogP contribution in [0.5, 0.6) is 0 Å². The van der Waals surface area contributed by atoms with E-state index >= 15 is 0 Å². The van der Waals surface area contributed by atoms with Crippen molar-refractivity contribution in [2.45, 2.75) is 51.2 Å². The Morgan fingerprint density at radius 3 is 2.76 bits per heavy atom. The van der Waals surface area contributed by atoms with Crippen molar-refractivity contribution in [3.63, 3.8) is 0 Å². The van der Waals surface area contributed by atoms with Crippen LogP contribution in [0.25, 0.3) is 0 Å². The molecule has 1 unspecified atom stereocenters. The van der Waals surface area contributed by atoms with Crippen LogP contribution in [0.2, 0.25) is 0 Å². The SMILES string of the molecule is CCC(N)(C#N)CCCN1CCOC(C)(C)C1. The van der Waals surface area contributed by atoms with Crippen LogP contribution in [0.1, 0.15) is 40.0 Å². The number of ether oxygens (including phenoxy) is 1. The van der Waals surface area contributed by atoms with Gasteiger partial charge in [-0.1, -0.05) is 6.92 Å². The first kappa shape index (κ1) is 14.4. The second-order valence-corrected chi connectivity index (χ2v) is 5.61. The van der Waals surface area contributed by atoms with Crippen molar-refractivity contribution in [1.82, 2.24) is 4.90 Å². The van der Waals surface area contributed by atoms with E-state index in [1.54, 1.807) is 0 Å². The Kier molecular flexibility index (Phi) is 4.93. The van der Waals surface area contributed by atoms with Gasteiger partial charge >= 0.3 is 0 Å². The summed E-state index contributed by atoms with van der Waals surface area (Å²) < 4.78 is 5.67. The van der Waals surface area contributed by atoms with Crippen LogP contribution in [0.4, 0.5) is 0 Å². The van der Waals surface area contributed by atoms with Crippen LogP contribution < -0.4 is 5.73 Å². The van der Waals surface area contributed by atoms with Gasteiger partial charge in [0.25, 0.3) is 0 Å². The molecule has 1 fully saturated rings. The first-order valence-corrected chi connectivity index (χ1v) is 6.47. The fourth-order valence-electron chi connectivity index (χ4n) is 2.23. The van der Waals surface area contributed by atoms with Gasteiger partial charge in [-0.05, 0) is 39.7 Å². The van der Waals surface area contributed by atoms with Gasteiger partial charge in [0.2, 0.25) is 0 Å². The molecule has 0 bridgehead atoms. The largest absolute Gasteiger partial charge is 0.373 e. The fourth-order valence-corrected chi connectivity index (χ4v) is 2.23. The van der Waals surface area contributed by atoms with E-state index in [9.17, 15) is 0 Å². The van der Waals surface area contributed by atoms with Crippen LogP contribution in [-0.4, -0.2) is 42.3 Å². The lowest BCUT2D eigenvalue weighted by molar-refractivity contribution is -0.0862. The van der Waals surface area contributed by atoms with Gasteiger partial charge in [0, 0.05) is 13.1 Å². The van der Waals surface area contributed by atoms with Gasteiger partial charge < -0.3 is 10.5 Å². The molecule has 1 heterocycles. The van der Waals surface area contributed by atoms with Gasteiger partial charge in [-0.2, -0.15) is 5.26 Å². The average Bonchev–Trinajstić information content (AvgIpc) is 2.27. The predicted molar refractivity (Wildman–Crippen MR) is 68.5 cm³/mol. The Bertz CT molecular complexity index is 285. The third-order valence-corrected chi connectivity index (χ3v) is 3.46. The third kappa shape index (κ3) is 4.63. The summed E-state index contributed by atoms with van der Waals surface area (Å²) in [7, 11) is 0. The van der Waals surface area contributed by atoms with Crippen molar-refractivity contribution in [3.05, 3.63) is 0 Å². The number of rotatable bonds is 5. The molecule has 17 heavy (non-hydrogen) atoms. The number of morpholine rings is 1. The average molecular weight is 239 g/mol. The van der Waals surface area contributed by atoms with Crippen molar-refractivity contribution in [2.75, 3.05) is 26.2 Å². The van der Waals surface area contributed by atoms with E-state index in [2.05, 4.69) is 24.8 Å². The van der Waals surface area contributed by atoms with E-state index in [1.807, 2.05) is 6.92 Å².